The Balaban J connectivity index is 1.93. The van der Waals surface area contributed by atoms with E-state index in [-0.39, 0.29) is 0 Å². The first-order valence-corrected chi connectivity index (χ1v) is 7.15. The van der Waals surface area contributed by atoms with Crippen molar-refractivity contribution in [2.45, 2.75) is 38.3 Å². The number of methoxy groups -OCH3 is 1. The quantitative estimate of drug-likeness (QED) is 0.781. The molecule has 3 nitrogen and oxygen atoms in total. The summed E-state index contributed by atoms with van der Waals surface area (Å²) in [5.74, 6) is 1.54. The van der Waals surface area contributed by atoms with Crippen LogP contribution in [0.4, 0.5) is 0 Å². The fourth-order valence-electron chi connectivity index (χ4n) is 2.33. The lowest BCUT2D eigenvalue weighted by Gasteiger charge is -2.21. The molecule has 0 radical (unpaired) electrons. The van der Waals surface area contributed by atoms with Crippen molar-refractivity contribution in [1.82, 2.24) is 5.32 Å². The molecule has 0 amide bonds. The molecule has 1 aliphatic carbocycles. The lowest BCUT2D eigenvalue weighted by Crippen LogP contribution is -2.20. The molecule has 0 heterocycles. The highest BCUT2D eigenvalue weighted by Crippen LogP contribution is 2.28. The molecule has 2 rings (SSSR count). The third kappa shape index (κ3) is 4.51. The minimum atomic E-state index is 0.375. The van der Waals surface area contributed by atoms with Gasteiger partial charge in [-0.1, -0.05) is 19.1 Å². The van der Waals surface area contributed by atoms with Crippen LogP contribution < -0.4 is 10.1 Å². The third-order valence-corrected chi connectivity index (χ3v) is 3.55. The summed E-state index contributed by atoms with van der Waals surface area (Å²) >= 11 is 0. The molecule has 106 valence electrons. The van der Waals surface area contributed by atoms with Crippen LogP contribution >= 0.6 is 0 Å². The molecule has 0 spiro atoms. The minimum absolute atomic E-state index is 0.375. The Bertz CT molecular complexity index is 373. The van der Waals surface area contributed by atoms with E-state index in [0.717, 1.165) is 18.8 Å². The molecule has 2 unspecified atom stereocenters. The van der Waals surface area contributed by atoms with Crippen molar-refractivity contribution in [1.29, 1.82) is 0 Å². The van der Waals surface area contributed by atoms with E-state index in [1.54, 1.807) is 7.11 Å². The summed E-state index contributed by atoms with van der Waals surface area (Å²) in [5, 5.41) is 3.38. The predicted molar refractivity (Wildman–Crippen MR) is 77.5 cm³/mol. The summed E-state index contributed by atoms with van der Waals surface area (Å²) in [4.78, 5) is 0. The molecule has 1 saturated carbocycles. The zero-order valence-corrected chi connectivity index (χ0v) is 12.2. The van der Waals surface area contributed by atoms with Crippen molar-refractivity contribution in [3.8, 4) is 5.75 Å². The van der Waals surface area contributed by atoms with Crippen LogP contribution in [0.2, 0.25) is 0 Å². The smallest absolute Gasteiger partial charge is 0.119 e. The van der Waals surface area contributed by atoms with Crippen LogP contribution in [0, 0.1) is 5.92 Å². The minimum Gasteiger partial charge on any atom is -0.490 e. The summed E-state index contributed by atoms with van der Waals surface area (Å²) in [6.45, 7) is 3.03. The topological polar surface area (TPSA) is 30.5 Å². The average molecular weight is 263 g/mol. The summed E-state index contributed by atoms with van der Waals surface area (Å²) in [5.41, 5.74) is 1.31. The fourth-order valence-corrected chi connectivity index (χ4v) is 2.33. The Labute approximate surface area is 116 Å². The molecule has 1 aromatic carbocycles. The number of nitrogens with one attached hydrogen (secondary N) is 1. The SMILES string of the molecule is CNC(CC(C)COC)c1ccc(OC2CC2)cc1. The van der Waals surface area contributed by atoms with Gasteiger partial charge in [0.25, 0.3) is 0 Å². The molecule has 1 aliphatic rings. The molecule has 0 aliphatic heterocycles. The fraction of sp³-hybridized carbons (Fsp3) is 0.625. The second-order valence-electron chi connectivity index (χ2n) is 5.52. The van der Waals surface area contributed by atoms with Crippen molar-refractivity contribution >= 4 is 0 Å². The van der Waals surface area contributed by atoms with Gasteiger partial charge in [0.15, 0.2) is 0 Å². The van der Waals surface area contributed by atoms with Crippen molar-refractivity contribution < 1.29 is 9.47 Å². The van der Waals surface area contributed by atoms with Gasteiger partial charge < -0.3 is 14.8 Å². The molecule has 0 aromatic heterocycles. The first-order valence-electron chi connectivity index (χ1n) is 7.15. The molecule has 1 N–H and O–H groups in total. The highest BCUT2D eigenvalue weighted by atomic mass is 16.5. The standard InChI is InChI=1S/C16H25NO2/c1-12(11-18-3)10-16(17-2)13-4-6-14(7-5-13)19-15-8-9-15/h4-7,12,15-17H,8-11H2,1-3H3. The van der Waals surface area contributed by atoms with E-state index < -0.39 is 0 Å². The molecular weight excluding hydrogens is 238 g/mol. The number of hydrogen-bond donors (Lipinski definition) is 1. The van der Waals surface area contributed by atoms with Crippen LogP contribution in [-0.4, -0.2) is 26.9 Å². The maximum Gasteiger partial charge on any atom is 0.119 e. The number of ether oxygens (including phenoxy) is 2. The molecule has 19 heavy (non-hydrogen) atoms. The average Bonchev–Trinajstić information content (AvgIpc) is 3.21. The van der Waals surface area contributed by atoms with E-state index in [1.165, 1.54) is 18.4 Å². The molecule has 1 fully saturated rings. The van der Waals surface area contributed by atoms with Crippen LogP contribution in [0.15, 0.2) is 24.3 Å². The Morgan fingerprint density at radius 1 is 1.26 bits per heavy atom. The van der Waals surface area contributed by atoms with Crippen molar-refractivity contribution in [2.75, 3.05) is 20.8 Å². The van der Waals surface area contributed by atoms with Crippen molar-refractivity contribution in [3.63, 3.8) is 0 Å². The summed E-state index contributed by atoms with van der Waals surface area (Å²) in [6.07, 6.45) is 3.95. The van der Waals surface area contributed by atoms with Crippen LogP contribution in [0.5, 0.6) is 5.75 Å². The molecule has 2 atom stereocenters. The second-order valence-corrected chi connectivity index (χ2v) is 5.52. The zero-order valence-electron chi connectivity index (χ0n) is 12.2. The molecule has 0 saturated heterocycles. The second kappa shape index (κ2) is 6.92. The number of hydrogen-bond acceptors (Lipinski definition) is 3. The van der Waals surface area contributed by atoms with E-state index in [9.17, 15) is 0 Å². The monoisotopic (exact) mass is 263 g/mol. The third-order valence-electron chi connectivity index (χ3n) is 3.55. The molecule has 3 heteroatoms. The van der Waals surface area contributed by atoms with Gasteiger partial charge in [0.2, 0.25) is 0 Å². The zero-order chi connectivity index (χ0) is 13.7. The lowest BCUT2D eigenvalue weighted by molar-refractivity contribution is 0.150. The van der Waals surface area contributed by atoms with Gasteiger partial charge in [-0.2, -0.15) is 0 Å². The van der Waals surface area contributed by atoms with Gasteiger partial charge in [0.05, 0.1) is 6.10 Å². The van der Waals surface area contributed by atoms with E-state index in [4.69, 9.17) is 9.47 Å². The first-order chi connectivity index (χ1) is 9.22. The van der Waals surface area contributed by atoms with Crippen LogP contribution in [0.1, 0.15) is 37.8 Å². The molecular formula is C16H25NO2. The molecule has 0 bridgehead atoms. The Morgan fingerprint density at radius 2 is 1.95 bits per heavy atom. The Morgan fingerprint density at radius 3 is 2.47 bits per heavy atom. The van der Waals surface area contributed by atoms with Gasteiger partial charge in [0.1, 0.15) is 5.75 Å². The highest BCUT2D eigenvalue weighted by Gasteiger charge is 2.23. The molecule has 1 aromatic rings. The van der Waals surface area contributed by atoms with E-state index in [1.807, 2.05) is 7.05 Å². The number of benzene rings is 1. The summed E-state index contributed by atoms with van der Waals surface area (Å²) < 4.78 is 11.0. The van der Waals surface area contributed by atoms with E-state index in [0.29, 0.717) is 18.1 Å². The van der Waals surface area contributed by atoms with Gasteiger partial charge in [-0.15, -0.1) is 0 Å². The van der Waals surface area contributed by atoms with Crippen molar-refractivity contribution in [2.24, 2.45) is 5.92 Å². The largest absolute Gasteiger partial charge is 0.490 e. The number of rotatable bonds is 8. The maximum atomic E-state index is 5.77. The first kappa shape index (κ1) is 14.4. The van der Waals surface area contributed by atoms with Gasteiger partial charge in [0, 0.05) is 19.8 Å². The van der Waals surface area contributed by atoms with Gasteiger partial charge >= 0.3 is 0 Å². The van der Waals surface area contributed by atoms with Crippen LogP contribution in [-0.2, 0) is 4.74 Å². The van der Waals surface area contributed by atoms with E-state index in [2.05, 4.69) is 36.5 Å². The summed E-state index contributed by atoms with van der Waals surface area (Å²) in [6, 6.07) is 8.87. The van der Waals surface area contributed by atoms with Crippen molar-refractivity contribution in [3.05, 3.63) is 29.8 Å². The van der Waals surface area contributed by atoms with Gasteiger partial charge in [-0.3, -0.25) is 0 Å². The Kier molecular flexibility index (Phi) is 5.23. The summed E-state index contributed by atoms with van der Waals surface area (Å²) in [7, 11) is 3.77. The maximum absolute atomic E-state index is 5.77. The van der Waals surface area contributed by atoms with E-state index >= 15 is 0 Å². The van der Waals surface area contributed by atoms with Gasteiger partial charge in [-0.05, 0) is 49.9 Å². The van der Waals surface area contributed by atoms with Crippen LogP contribution in [0.3, 0.4) is 0 Å². The van der Waals surface area contributed by atoms with Crippen LogP contribution in [0.25, 0.3) is 0 Å². The Hall–Kier alpha value is -1.06. The van der Waals surface area contributed by atoms with Gasteiger partial charge in [-0.25, -0.2) is 0 Å². The highest BCUT2D eigenvalue weighted by molar-refractivity contribution is 5.29. The normalized spacial score (nSPS) is 18.1. The predicted octanol–water partition coefficient (Wildman–Crippen LogP) is 3.16. The lowest BCUT2D eigenvalue weighted by atomic mass is 9.96.